The zero-order valence-electron chi connectivity index (χ0n) is 13.8. The molecule has 0 spiro atoms. The molecule has 0 unspecified atom stereocenters. The third-order valence-electron chi connectivity index (χ3n) is 3.95. The number of aliphatic imine (C=N–C) groups is 1. The van der Waals surface area contributed by atoms with Crippen LogP contribution < -0.4 is 15.4 Å². The van der Waals surface area contributed by atoms with Gasteiger partial charge in [-0.2, -0.15) is 0 Å². The van der Waals surface area contributed by atoms with Gasteiger partial charge in [0.15, 0.2) is 11.6 Å². The molecule has 0 aromatic heterocycles. The molecule has 0 radical (unpaired) electrons. The van der Waals surface area contributed by atoms with E-state index in [0.717, 1.165) is 11.3 Å². The number of ether oxygens (including phenoxy) is 2. The van der Waals surface area contributed by atoms with Gasteiger partial charge < -0.3 is 20.1 Å². The van der Waals surface area contributed by atoms with Gasteiger partial charge in [-0.3, -0.25) is 0 Å². The van der Waals surface area contributed by atoms with Crippen molar-refractivity contribution < 1.29 is 13.9 Å². The molecular formula is C18H19ClFN3O2. The minimum Gasteiger partial charge on any atom is -0.494 e. The van der Waals surface area contributed by atoms with E-state index in [4.69, 9.17) is 26.8 Å². The second kappa shape index (κ2) is 7.61. The van der Waals surface area contributed by atoms with E-state index in [2.05, 4.69) is 9.89 Å². The van der Waals surface area contributed by atoms with Crippen LogP contribution in [-0.4, -0.2) is 32.3 Å². The van der Waals surface area contributed by atoms with Gasteiger partial charge in [0.05, 0.1) is 7.11 Å². The lowest BCUT2D eigenvalue weighted by Crippen LogP contribution is -2.32. The number of hydrogen-bond donors (Lipinski definition) is 1. The number of anilines is 1. The Bertz CT molecular complexity index is 767. The first-order valence-electron chi connectivity index (χ1n) is 7.84. The van der Waals surface area contributed by atoms with E-state index in [1.54, 1.807) is 12.1 Å². The molecule has 1 atom stereocenters. The number of benzene rings is 2. The van der Waals surface area contributed by atoms with Crippen molar-refractivity contribution in [3.63, 3.8) is 0 Å². The Hall–Kier alpha value is -2.47. The Morgan fingerprint density at radius 3 is 2.72 bits per heavy atom. The molecule has 1 aliphatic rings. The summed E-state index contributed by atoms with van der Waals surface area (Å²) in [5, 5.41) is 0.681. The van der Waals surface area contributed by atoms with Gasteiger partial charge in [-0.15, -0.1) is 0 Å². The van der Waals surface area contributed by atoms with E-state index in [1.165, 1.54) is 13.2 Å². The zero-order chi connectivity index (χ0) is 17.8. The molecule has 7 heteroatoms. The Labute approximate surface area is 150 Å². The van der Waals surface area contributed by atoms with Crippen molar-refractivity contribution in [2.45, 2.75) is 12.6 Å². The first kappa shape index (κ1) is 17.4. The predicted molar refractivity (Wildman–Crippen MR) is 96.8 cm³/mol. The number of amidine groups is 1. The predicted octanol–water partition coefficient (Wildman–Crippen LogP) is 3.21. The normalized spacial score (nSPS) is 16.3. The van der Waals surface area contributed by atoms with Crippen molar-refractivity contribution in [3.8, 4) is 5.75 Å². The lowest BCUT2D eigenvalue weighted by Gasteiger charge is -2.27. The summed E-state index contributed by atoms with van der Waals surface area (Å²) >= 11 is 5.96. The highest BCUT2D eigenvalue weighted by atomic mass is 35.5. The topological polar surface area (TPSA) is 60.1 Å². The quantitative estimate of drug-likeness (QED) is 0.856. The number of methoxy groups -OCH3 is 1. The Balaban J connectivity index is 1.86. The van der Waals surface area contributed by atoms with Crippen LogP contribution >= 0.6 is 11.6 Å². The third-order valence-corrected chi connectivity index (χ3v) is 4.20. The lowest BCUT2D eigenvalue weighted by atomic mass is 10.1. The summed E-state index contributed by atoms with van der Waals surface area (Å²) in [4.78, 5) is 6.36. The summed E-state index contributed by atoms with van der Waals surface area (Å²) in [6, 6.07) is 12.5. The summed E-state index contributed by atoms with van der Waals surface area (Å²) in [5.74, 6) is -0.201. The molecule has 132 valence electrons. The molecule has 2 aromatic rings. The standard InChI is InChI=1S/C18H19ClFN3O2/c1-24-17-8-15(6-7-16(17)20)23(10-14-11-25-18(21)22-14)9-12-2-4-13(19)5-3-12/h2-8,14H,9-11H2,1H3,(H2,21,22)/t14-/m0/s1. The second-order valence-corrected chi connectivity index (χ2v) is 6.19. The molecule has 1 aliphatic heterocycles. The zero-order valence-corrected chi connectivity index (χ0v) is 14.5. The van der Waals surface area contributed by atoms with Gasteiger partial charge >= 0.3 is 0 Å². The first-order chi connectivity index (χ1) is 12.0. The third kappa shape index (κ3) is 4.33. The summed E-state index contributed by atoms with van der Waals surface area (Å²) in [6.45, 7) is 1.62. The van der Waals surface area contributed by atoms with Gasteiger partial charge in [-0.1, -0.05) is 23.7 Å². The molecule has 0 amide bonds. The SMILES string of the molecule is COc1cc(N(Cc2ccc(Cl)cc2)C[C@H]2COC(N)=N2)ccc1F. The molecule has 25 heavy (non-hydrogen) atoms. The van der Waals surface area contributed by atoms with Crippen molar-refractivity contribution in [2.24, 2.45) is 10.7 Å². The van der Waals surface area contributed by atoms with Gasteiger partial charge in [0.2, 0.25) is 0 Å². The number of nitrogens with two attached hydrogens (primary N) is 1. The van der Waals surface area contributed by atoms with E-state index in [1.807, 2.05) is 24.3 Å². The van der Waals surface area contributed by atoms with Crippen LogP contribution in [0.2, 0.25) is 5.02 Å². The number of rotatable bonds is 6. The summed E-state index contributed by atoms with van der Waals surface area (Å²) in [7, 11) is 1.45. The van der Waals surface area contributed by atoms with E-state index < -0.39 is 5.82 Å². The van der Waals surface area contributed by atoms with Crippen molar-refractivity contribution in [1.82, 2.24) is 0 Å². The van der Waals surface area contributed by atoms with Crippen molar-refractivity contribution in [3.05, 3.63) is 58.9 Å². The van der Waals surface area contributed by atoms with Gasteiger partial charge in [0, 0.05) is 29.9 Å². The molecule has 0 aliphatic carbocycles. The van der Waals surface area contributed by atoms with Crippen LogP contribution in [0, 0.1) is 5.82 Å². The average molecular weight is 364 g/mol. The first-order valence-corrected chi connectivity index (χ1v) is 8.22. The van der Waals surface area contributed by atoms with Crippen molar-refractivity contribution >= 4 is 23.3 Å². The molecule has 2 aromatic carbocycles. The largest absolute Gasteiger partial charge is 0.494 e. The van der Waals surface area contributed by atoms with Crippen LogP contribution in [0.4, 0.5) is 10.1 Å². The monoisotopic (exact) mass is 363 g/mol. The van der Waals surface area contributed by atoms with Crippen LogP contribution in [0.3, 0.4) is 0 Å². The number of halogens is 2. The highest BCUT2D eigenvalue weighted by molar-refractivity contribution is 6.30. The minimum absolute atomic E-state index is 0.0802. The maximum Gasteiger partial charge on any atom is 0.282 e. The van der Waals surface area contributed by atoms with E-state index in [9.17, 15) is 4.39 Å². The average Bonchev–Trinajstić information content (AvgIpc) is 3.02. The van der Waals surface area contributed by atoms with Crippen LogP contribution in [0.5, 0.6) is 5.75 Å². The van der Waals surface area contributed by atoms with Gasteiger partial charge in [-0.25, -0.2) is 9.38 Å². The number of nitrogens with zero attached hydrogens (tertiary/aromatic N) is 2. The number of hydrogen-bond acceptors (Lipinski definition) is 5. The van der Waals surface area contributed by atoms with Crippen LogP contribution in [0.15, 0.2) is 47.5 Å². The van der Waals surface area contributed by atoms with E-state index in [-0.39, 0.29) is 17.8 Å². The molecule has 3 rings (SSSR count). The van der Waals surface area contributed by atoms with E-state index >= 15 is 0 Å². The molecular weight excluding hydrogens is 345 g/mol. The second-order valence-electron chi connectivity index (χ2n) is 5.76. The maximum atomic E-state index is 13.7. The summed E-state index contributed by atoms with van der Waals surface area (Å²) in [6.07, 6.45) is 0. The molecule has 0 fully saturated rings. The van der Waals surface area contributed by atoms with Crippen LogP contribution in [0.25, 0.3) is 0 Å². The molecule has 0 saturated heterocycles. The molecule has 5 nitrogen and oxygen atoms in total. The highest BCUT2D eigenvalue weighted by Gasteiger charge is 2.21. The van der Waals surface area contributed by atoms with Crippen LogP contribution in [0.1, 0.15) is 5.56 Å². The van der Waals surface area contributed by atoms with E-state index in [0.29, 0.717) is 24.7 Å². The van der Waals surface area contributed by atoms with Crippen molar-refractivity contribution in [2.75, 3.05) is 25.2 Å². The molecule has 1 heterocycles. The maximum absolute atomic E-state index is 13.7. The Morgan fingerprint density at radius 2 is 2.08 bits per heavy atom. The molecule has 2 N–H and O–H groups in total. The van der Waals surface area contributed by atoms with Gasteiger partial charge in [0.1, 0.15) is 12.6 Å². The molecule has 0 bridgehead atoms. The van der Waals surface area contributed by atoms with Gasteiger partial charge in [-0.05, 0) is 29.8 Å². The fraction of sp³-hybridized carbons (Fsp3) is 0.278. The lowest BCUT2D eigenvalue weighted by molar-refractivity contribution is 0.313. The fourth-order valence-electron chi connectivity index (χ4n) is 2.70. The summed E-state index contributed by atoms with van der Waals surface area (Å²) in [5.41, 5.74) is 7.50. The Kier molecular flexibility index (Phi) is 5.28. The highest BCUT2D eigenvalue weighted by Crippen LogP contribution is 2.26. The van der Waals surface area contributed by atoms with Crippen LogP contribution in [-0.2, 0) is 11.3 Å². The minimum atomic E-state index is -0.399. The Morgan fingerprint density at radius 1 is 1.32 bits per heavy atom. The molecule has 0 saturated carbocycles. The van der Waals surface area contributed by atoms with Crippen molar-refractivity contribution in [1.29, 1.82) is 0 Å². The van der Waals surface area contributed by atoms with Gasteiger partial charge in [0.25, 0.3) is 6.02 Å². The smallest absolute Gasteiger partial charge is 0.282 e. The summed E-state index contributed by atoms with van der Waals surface area (Å²) < 4.78 is 24.1. The fourth-order valence-corrected chi connectivity index (χ4v) is 2.83.